The molecule has 1 amide bonds. The molecule has 2 aromatic rings. The van der Waals surface area contributed by atoms with Crippen LogP contribution in [0.3, 0.4) is 0 Å². The van der Waals surface area contributed by atoms with Gasteiger partial charge in [-0.25, -0.2) is 0 Å². The first kappa shape index (κ1) is 22.4. The lowest BCUT2D eigenvalue weighted by molar-refractivity contribution is -0.114. The average Bonchev–Trinajstić information content (AvgIpc) is 3.23. The molecule has 0 saturated heterocycles. The van der Waals surface area contributed by atoms with E-state index in [0.717, 1.165) is 11.3 Å². The molecule has 2 aromatic carbocycles. The minimum Gasteiger partial charge on any atom is -0.493 e. The molecule has 33 heavy (non-hydrogen) atoms. The zero-order valence-electron chi connectivity index (χ0n) is 18.5. The van der Waals surface area contributed by atoms with E-state index >= 15 is 0 Å². The van der Waals surface area contributed by atoms with Crippen molar-refractivity contribution in [3.8, 4) is 23.0 Å². The number of amidine groups is 2. The van der Waals surface area contributed by atoms with E-state index in [1.54, 1.807) is 18.2 Å². The smallest absolute Gasteiger partial charge is 0.283 e. The maximum atomic E-state index is 12.7. The number of aliphatic imine (C=N–C) groups is 1. The van der Waals surface area contributed by atoms with Gasteiger partial charge < -0.3 is 18.9 Å². The van der Waals surface area contributed by atoms with Gasteiger partial charge in [0.1, 0.15) is 17.4 Å². The van der Waals surface area contributed by atoms with Crippen molar-refractivity contribution in [2.45, 2.75) is 6.92 Å². The standard InChI is InChI=1S/C23H22N4O5S/c1-13-7-5-6-8-16(13)32-12-19-26-27-21(24)15(22(28)25-23(27)33-19)9-14-10-17(29-2)20(31-4)18(11-14)30-3/h5-11,24H,12H2,1-4H3. The fourth-order valence-electron chi connectivity index (χ4n) is 3.30. The number of amides is 1. The number of aryl methyl sites for hydroxylation is 1. The van der Waals surface area contributed by atoms with Crippen LogP contribution >= 0.6 is 11.8 Å². The van der Waals surface area contributed by atoms with Gasteiger partial charge in [-0.2, -0.15) is 15.1 Å². The van der Waals surface area contributed by atoms with Crippen molar-refractivity contribution in [2.24, 2.45) is 10.1 Å². The van der Waals surface area contributed by atoms with E-state index in [0.29, 0.717) is 33.0 Å². The molecule has 0 bridgehead atoms. The summed E-state index contributed by atoms with van der Waals surface area (Å²) in [4.78, 5) is 16.8. The van der Waals surface area contributed by atoms with Crippen molar-refractivity contribution < 1.29 is 23.7 Å². The molecule has 0 radical (unpaired) electrons. The number of nitrogens with zero attached hydrogens (tertiary/aromatic N) is 3. The third-order valence-corrected chi connectivity index (χ3v) is 5.82. The molecule has 0 saturated carbocycles. The minimum absolute atomic E-state index is 0.0721. The first-order valence-electron chi connectivity index (χ1n) is 9.92. The summed E-state index contributed by atoms with van der Waals surface area (Å²) in [6.45, 7) is 2.17. The molecular formula is C23H22N4O5S. The number of hydrazone groups is 1. The highest BCUT2D eigenvalue weighted by molar-refractivity contribution is 8.27. The van der Waals surface area contributed by atoms with E-state index in [9.17, 15) is 4.79 Å². The van der Waals surface area contributed by atoms with Crippen LogP contribution in [0.15, 0.2) is 52.1 Å². The highest BCUT2D eigenvalue weighted by atomic mass is 32.2. The number of fused-ring (bicyclic) bond motifs is 1. The van der Waals surface area contributed by atoms with Crippen LogP contribution in [0.4, 0.5) is 0 Å². The Morgan fingerprint density at radius 1 is 1.06 bits per heavy atom. The third kappa shape index (κ3) is 4.42. The first-order chi connectivity index (χ1) is 15.9. The monoisotopic (exact) mass is 466 g/mol. The van der Waals surface area contributed by atoms with Gasteiger partial charge in [-0.15, -0.1) is 0 Å². The maximum Gasteiger partial charge on any atom is 0.283 e. The highest BCUT2D eigenvalue weighted by Crippen LogP contribution is 2.39. The Hall–Kier alpha value is -3.79. The van der Waals surface area contributed by atoms with Crippen LogP contribution in [-0.4, -0.2) is 54.9 Å². The summed E-state index contributed by atoms with van der Waals surface area (Å²) >= 11 is 1.21. The minimum atomic E-state index is -0.524. The number of carbonyl (C=O) groups excluding carboxylic acids is 1. The second-order valence-corrected chi connectivity index (χ2v) is 8.07. The topological polar surface area (TPSA) is 106 Å². The molecule has 0 unspecified atom stereocenters. The van der Waals surface area contributed by atoms with Crippen LogP contribution in [0.25, 0.3) is 6.08 Å². The van der Waals surface area contributed by atoms with Crippen molar-refractivity contribution in [1.29, 1.82) is 5.41 Å². The molecular weight excluding hydrogens is 444 g/mol. The van der Waals surface area contributed by atoms with E-state index in [2.05, 4.69) is 10.1 Å². The third-order valence-electron chi connectivity index (χ3n) is 4.94. The molecule has 170 valence electrons. The predicted molar refractivity (Wildman–Crippen MR) is 128 cm³/mol. The Morgan fingerprint density at radius 2 is 1.76 bits per heavy atom. The Morgan fingerprint density at radius 3 is 2.39 bits per heavy atom. The van der Waals surface area contributed by atoms with Gasteiger partial charge in [-0.05, 0) is 54.1 Å². The maximum absolute atomic E-state index is 12.7. The summed E-state index contributed by atoms with van der Waals surface area (Å²) in [5.41, 5.74) is 1.70. The number of rotatable bonds is 7. The molecule has 10 heteroatoms. The van der Waals surface area contributed by atoms with Gasteiger partial charge in [-0.1, -0.05) is 18.2 Å². The van der Waals surface area contributed by atoms with Gasteiger partial charge in [0.25, 0.3) is 5.91 Å². The second kappa shape index (κ2) is 9.37. The van der Waals surface area contributed by atoms with Crippen LogP contribution in [0, 0.1) is 12.3 Å². The van der Waals surface area contributed by atoms with Crippen molar-refractivity contribution in [3.63, 3.8) is 0 Å². The number of benzene rings is 2. The molecule has 0 fully saturated rings. The van der Waals surface area contributed by atoms with Gasteiger partial charge in [0.2, 0.25) is 10.9 Å². The summed E-state index contributed by atoms with van der Waals surface area (Å²) in [5, 5.41) is 15.3. The van der Waals surface area contributed by atoms with E-state index in [4.69, 9.17) is 24.4 Å². The molecule has 2 aliphatic rings. The second-order valence-electron chi connectivity index (χ2n) is 7.03. The van der Waals surface area contributed by atoms with Crippen LogP contribution < -0.4 is 18.9 Å². The highest BCUT2D eigenvalue weighted by Gasteiger charge is 2.36. The van der Waals surface area contributed by atoms with Gasteiger partial charge in [0, 0.05) is 0 Å². The lowest BCUT2D eigenvalue weighted by atomic mass is 10.1. The van der Waals surface area contributed by atoms with Crippen LogP contribution in [0.5, 0.6) is 23.0 Å². The number of para-hydroxylation sites is 1. The summed E-state index contributed by atoms with van der Waals surface area (Å²) in [7, 11) is 4.53. The number of thioether (sulfide) groups is 1. The fourth-order valence-corrected chi connectivity index (χ4v) is 4.10. The van der Waals surface area contributed by atoms with E-state index in [-0.39, 0.29) is 18.0 Å². The molecule has 1 N–H and O–H groups in total. The Bertz CT molecular complexity index is 1200. The number of carbonyl (C=O) groups is 1. The molecule has 0 spiro atoms. The van der Waals surface area contributed by atoms with Gasteiger partial charge >= 0.3 is 0 Å². The fraction of sp³-hybridized carbons (Fsp3) is 0.217. The quantitative estimate of drug-likeness (QED) is 0.620. The lowest BCUT2D eigenvalue weighted by Gasteiger charge is -2.20. The van der Waals surface area contributed by atoms with Crippen LogP contribution in [0.2, 0.25) is 0 Å². The number of hydrogen-bond acceptors (Lipinski definition) is 8. The summed E-state index contributed by atoms with van der Waals surface area (Å²) < 4.78 is 21.9. The molecule has 0 aromatic heterocycles. The molecule has 0 atom stereocenters. The Kier molecular flexibility index (Phi) is 6.36. The molecule has 2 heterocycles. The average molecular weight is 467 g/mol. The number of nitrogens with one attached hydrogen (secondary N) is 1. The first-order valence-corrected chi connectivity index (χ1v) is 10.7. The van der Waals surface area contributed by atoms with Crippen molar-refractivity contribution in [3.05, 3.63) is 53.1 Å². The van der Waals surface area contributed by atoms with Crippen molar-refractivity contribution in [1.82, 2.24) is 5.01 Å². The number of methoxy groups -OCH3 is 3. The summed E-state index contributed by atoms with van der Waals surface area (Å²) in [6.07, 6.45) is 1.55. The summed E-state index contributed by atoms with van der Waals surface area (Å²) in [6, 6.07) is 11.1. The van der Waals surface area contributed by atoms with Crippen molar-refractivity contribution >= 4 is 39.8 Å². The van der Waals surface area contributed by atoms with Gasteiger partial charge in [-0.3, -0.25) is 10.2 Å². The molecule has 2 aliphatic heterocycles. The number of hydrogen-bond donors (Lipinski definition) is 1. The van der Waals surface area contributed by atoms with Gasteiger partial charge in [0.05, 0.1) is 26.9 Å². The zero-order chi connectivity index (χ0) is 23.5. The van der Waals surface area contributed by atoms with Crippen LogP contribution in [0.1, 0.15) is 11.1 Å². The molecule has 9 nitrogen and oxygen atoms in total. The predicted octanol–water partition coefficient (Wildman–Crippen LogP) is 3.72. The van der Waals surface area contributed by atoms with E-state index in [1.807, 2.05) is 31.2 Å². The van der Waals surface area contributed by atoms with Gasteiger partial charge in [0.15, 0.2) is 17.3 Å². The normalized spacial score (nSPS) is 16.4. The van der Waals surface area contributed by atoms with Crippen molar-refractivity contribution in [2.75, 3.05) is 27.9 Å². The molecule has 0 aliphatic carbocycles. The summed E-state index contributed by atoms with van der Waals surface area (Å²) in [5.74, 6) is 1.47. The largest absolute Gasteiger partial charge is 0.493 e. The van der Waals surface area contributed by atoms with E-state index < -0.39 is 5.91 Å². The Balaban J connectivity index is 1.59. The van der Waals surface area contributed by atoms with Crippen LogP contribution in [-0.2, 0) is 4.79 Å². The van der Waals surface area contributed by atoms with E-state index in [1.165, 1.54) is 38.1 Å². The number of ether oxygens (including phenoxy) is 4. The molecule has 4 rings (SSSR count). The Labute approximate surface area is 195 Å². The zero-order valence-corrected chi connectivity index (χ0v) is 19.4. The lowest BCUT2D eigenvalue weighted by Crippen LogP contribution is -2.35. The SMILES string of the molecule is COc1cc(C=C2C(=N)N3N=C(COc4ccccc4C)SC3=NC2=O)cc(OC)c1OC.